The Morgan fingerprint density at radius 3 is 2.00 bits per heavy atom. The van der Waals surface area contributed by atoms with Crippen molar-refractivity contribution in [1.82, 2.24) is 9.97 Å². The van der Waals surface area contributed by atoms with Gasteiger partial charge in [-0.15, -0.1) is 0 Å². The van der Waals surface area contributed by atoms with Crippen LogP contribution in [-0.2, 0) is 5.41 Å². The molecule has 2 heterocycles. The predicted octanol–water partition coefficient (Wildman–Crippen LogP) is 9.68. The van der Waals surface area contributed by atoms with Crippen LogP contribution >= 0.6 is 0 Å². The van der Waals surface area contributed by atoms with E-state index in [1.54, 1.807) is 0 Å². The van der Waals surface area contributed by atoms with Gasteiger partial charge < -0.3 is 4.42 Å². The third kappa shape index (κ3) is 3.37. The van der Waals surface area contributed by atoms with E-state index in [1.165, 1.54) is 27.6 Å². The molecule has 0 unspecified atom stereocenters. The Kier molecular flexibility index (Phi) is 4.86. The molecule has 1 aliphatic rings. The number of fused-ring (bicyclic) bond motifs is 7. The van der Waals surface area contributed by atoms with Crippen LogP contribution in [0.5, 0.6) is 0 Å². The van der Waals surface area contributed by atoms with Gasteiger partial charge >= 0.3 is 0 Å². The molecule has 0 radical (unpaired) electrons. The molecule has 3 heteroatoms. The van der Waals surface area contributed by atoms with Crippen LogP contribution < -0.4 is 0 Å². The Morgan fingerprint density at radius 2 is 1.23 bits per heavy atom. The lowest BCUT2D eigenvalue weighted by Crippen LogP contribution is -2.15. The zero-order valence-electron chi connectivity index (χ0n) is 22.3. The second kappa shape index (κ2) is 8.49. The lowest BCUT2D eigenvalue weighted by molar-refractivity contribution is 0.620. The number of aromatic nitrogens is 2. The lowest BCUT2D eigenvalue weighted by Gasteiger charge is -2.21. The number of rotatable bonds is 3. The molecule has 1 aliphatic carbocycles. The topological polar surface area (TPSA) is 38.9 Å². The van der Waals surface area contributed by atoms with Crippen LogP contribution in [0, 0.1) is 0 Å². The molecule has 0 fully saturated rings. The van der Waals surface area contributed by atoms with Crippen molar-refractivity contribution in [2.75, 3.05) is 0 Å². The minimum Gasteiger partial charge on any atom is -0.456 e. The summed E-state index contributed by atoms with van der Waals surface area (Å²) in [5.41, 5.74) is 11.7. The summed E-state index contributed by atoms with van der Waals surface area (Å²) in [6, 6.07) is 42.2. The van der Waals surface area contributed by atoms with E-state index in [9.17, 15) is 0 Å². The van der Waals surface area contributed by atoms with Gasteiger partial charge in [0.15, 0.2) is 5.82 Å². The van der Waals surface area contributed by atoms with E-state index in [4.69, 9.17) is 14.4 Å². The summed E-state index contributed by atoms with van der Waals surface area (Å²) in [5, 5.41) is 2.34. The maximum absolute atomic E-state index is 6.49. The van der Waals surface area contributed by atoms with Crippen LogP contribution in [-0.4, -0.2) is 9.97 Å². The Balaban J connectivity index is 1.33. The molecule has 0 aliphatic heterocycles. The van der Waals surface area contributed by atoms with Gasteiger partial charge in [0.25, 0.3) is 0 Å². The van der Waals surface area contributed by atoms with Crippen molar-refractivity contribution in [3.8, 4) is 45.0 Å². The van der Waals surface area contributed by atoms with Crippen molar-refractivity contribution in [3.63, 3.8) is 0 Å². The first-order valence-electron chi connectivity index (χ1n) is 13.7. The SMILES string of the molecule is CC1(C)c2ccc(-c3cc(-c4ccccc4)nc(-c4ccccc4)n3)cc2-c2ccc3c(oc4ccccc43)c21. The number of furan rings is 1. The van der Waals surface area contributed by atoms with E-state index in [0.717, 1.165) is 50.5 Å². The fourth-order valence-corrected chi connectivity index (χ4v) is 6.31. The van der Waals surface area contributed by atoms with Crippen LogP contribution in [0.15, 0.2) is 126 Å². The molecule has 0 bridgehead atoms. The summed E-state index contributed by atoms with van der Waals surface area (Å²) in [6.45, 7) is 4.60. The van der Waals surface area contributed by atoms with Gasteiger partial charge in [0.2, 0.25) is 0 Å². The Morgan fingerprint density at radius 1 is 0.550 bits per heavy atom. The van der Waals surface area contributed by atoms with Crippen molar-refractivity contribution in [2.24, 2.45) is 0 Å². The normalized spacial score (nSPS) is 13.4. The van der Waals surface area contributed by atoms with Gasteiger partial charge in [-0.05, 0) is 41.0 Å². The predicted molar refractivity (Wildman–Crippen MR) is 163 cm³/mol. The average molecular weight is 515 g/mol. The van der Waals surface area contributed by atoms with Crippen molar-refractivity contribution in [1.29, 1.82) is 0 Å². The summed E-state index contributed by atoms with van der Waals surface area (Å²) in [4.78, 5) is 10.0. The van der Waals surface area contributed by atoms with Crippen LogP contribution in [0.25, 0.3) is 67.0 Å². The first kappa shape index (κ1) is 22.9. The maximum atomic E-state index is 6.49. The van der Waals surface area contributed by atoms with Crippen molar-refractivity contribution >= 4 is 21.9 Å². The molecule has 0 atom stereocenters. The molecule has 0 amide bonds. The average Bonchev–Trinajstić information content (AvgIpc) is 3.50. The molecule has 8 rings (SSSR count). The Hall–Kier alpha value is -5.02. The highest BCUT2D eigenvalue weighted by molar-refractivity contribution is 6.09. The molecule has 0 saturated carbocycles. The monoisotopic (exact) mass is 514 g/mol. The number of hydrogen-bond donors (Lipinski definition) is 0. The Bertz CT molecular complexity index is 2010. The fraction of sp³-hybridized carbons (Fsp3) is 0.0811. The molecular weight excluding hydrogens is 488 g/mol. The van der Waals surface area contributed by atoms with Crippen molar-refractivity contribution < 1.29 is 4.42 Å². The largest absolute Gasteiger partial charge is 0.456 e. The van der Waals surface area contributed by atoms with E-state index >= 15 is 0 Å². The third-order valence-corrected chi connectivity index (χ3v) is 8.28. The molecule has 0 N–H and O–H groups in total. The summed E-state index contributed by atoms with van der Waals surface area (Å²) in [7, 11) is 0. The highest BCUT2D eigenvalue weighted by Gasteiger charge is 2.38. The smallest absolute Gasteiger partial charge is 0.160 e. The quantitative estimate of drug-likeness (QED) is 0.236. The zero-order chi connectivity index (χ0) is 26.8. The van der Waals surface area contributed by atoms with Gasteiger partial charge in [-0.25, -0.2) is 9.97 Å². The first-order valence-corrected chi connectivity index (χ1v) is 13.7. The summed E-state index contributed by atoms with van der Waals surface area (Å²) >= 11 is 0. The molecule has 5 aromatic carbocycles. The van der Waals surface area contributed by atoms with Gasteiger partial charge in [0, 0.05) is 38.4 Å². The van der Waals surface area contributed by atoms with Crippen LogP contribution in [0.1, 0.15) is 25.0 Å². The highest BCUT2D eigenvalue weighted by Crippen LogP contribution is 2.53. The Labute approximate surface area is 232 Å². The summed E-state index contributed by atoms with van der Waals surface area (Å²) < 4.78 is 6.49. The van der Waals surface area contributed by atoms with Gasteiger partial charge in [-0.2, -0.15) is 0 Å². The third-order valence-electron chi connectivity index (χ3n) is 8.28. The second-order valence-corrected chi connectivity index (χ2v) is 11.0. The van der Waals surface area contributed by atoms with Crippen LogP contribution in [0.4, 0.5) is 0 Å². The van der Waals surface area contributed by atoms with E-state index in [-0.39, 0.29) is 5.41 Å². The second-order valence-electron chi connectivity index (χ2n) is 11.0. The van der Waals surface area contributed by atoms with Crippen molar-refractivity contribution in [3.05, 3.63) is 132 Å². The number of para-hydroxylation sites is 1. The number of nitrogens with zero attached hydrogens (tertiary/aromatic N) is 2. The number of hydrogen-bond acceptors (Lipinski definition) is 3. The first-order chi connectivity index (χ1) is 19.6. The van der Waals surface area contributed by atoms with E-state index < -0.39 is 0 Å². The summed E-state index contributed by atoms with van der Waals surface area (Å²) in [5.74, 6) is 0.724. The molecule has 7 aromatic rings. The lowest BCUT2D eigenvalue weighted by atomic mass is 9.81. The molecule has 190 valence electrons. The molecule has 40 heavy (non-hydrogen) atoms. The van der Waals surface area contributed by atoms with Gasteiger partial charge in [0.05, 0.1) is 11.4 Å². The molecular formula is C37H26N2O. The molecule has 0 saturated heterocycles. The number of benzene rings is 5. The van der Waals surface area contributed by atoms with Crippen LogP contribution in [0.2, 0.25) is 0 Å². The standard InChI is InChI=1S/C37H26N2O/c1-37(2)30-20-17-25(21-29(30)27-18-19-28-26-15-9-10-16-33(26)40-35(28)34(27)37)32-22-31(23-11-5-3-6-12-23)38-36(39-32)24-13-7-4-8-14-24/h3-22H,1-2H3. The minimum atomic E-state index is -0.188. The summed E-state index contributed by atoms with van der Waals surface area (Å²) in [6.07, 6.45) is 0. The molecule has 0 spiro atoms. The molecule has 2 aromatic heterocycles. The van der Waals surface area contributed by atoms with Gasteiger partial charge in [0.1, 0.15) is 11.2 Å². The molecule has 3 nitrogen and oxygen atoms in total. The van der Waals surface area contributed by atoms with Gasteiger partial charge in [-0.1, -0.05) is 111 Å². The maximum Gasteiger partial charge on any atom is 0.160 e. The zero-order valence-corrected chi connectivity index (χ0v) is 22.3. The van der Waals surface area contributed by atoms with E-state index in [2.05, 4.69) is 92.7 Å². The van der Waals surface area contributed by atoms with Gasteiger partial charge in [-0.3, -0.25) is 0 Å². The van der Waals surface area contributed by atoms with E-state index in [1.807, 2.05) is 42.5 Å². The van der Waals surface area contributed by atoms with Crippen LogP contribution in [0.3, 0.4) is 0 Å². The fourth-order valence-electron chi connectivity index (χ4n) is 6.31. The highest BCUT2D eigenvalue weighted by atomic mass is 16.3. The minimum absolute atomic E-state index is 0.188. The van der Waals surface area contributed by atoms with Crippen molar-refractivity contribution in [2.45, 2.75) is 19.3 Å². The van der Waals surface area contributed by atoms with E-state index in [0.29, 0.717) is 0 Å².